The molecule has 9 heavy (non-hydrogen) atoms. The fourth-order valence-electron chi connectivity index (χ4n) is 1.70. The van der Waals surface area contributed by atoms with E-state index in [9.17, 15) is 0 Å². The van der Waals surface area contributed by atoms with Gasteiger partial charge in [-0.25, -0.2) is 0 Å². The quantitative estimate of drug-likeness (QED) is 0.508. The van der Waals surface area contributed by atoms with E-state index in [1.54, 1.807) is 0 Å². The summed E-state index contributed by atoms with van der Waals surface area (Å²) in [6.45, 7) is 5.75. The topological polar surface area (TPSA) is 12.5 Å². The van der Waals surface area contributed by atoms with Crippen LogP contribution in [0.2, 0.25) is 0 Å². The molecule has 0 radical (unpaired) electrons. The Bertz CT molecular complexity index is 99.5. The third-order valence-electron chi connectivity index (χ3n) is 2.28. The van der Waals surface area contributed by atoms with Gasteiger partial charge in [-0.1, -0.05) is 6.92 Å². The van der Waals surface area contributed by atoms with Crippen LogP contribution in [0.25, 0.3) is 0 Å². The largest absolute Gasteiger partial charge is 0.372 e. The molecule has 0 aromatic carbocycles. The molecule has 1 unspecified atom stereocenters. The number of morpholine rings is 1. The maximum Gasteiger partial charge on any atom is 0.0731 e. The summed E-state index contributed by atoms with van der Waals surface area (Å²) in [5.74, 6) is 0. The minimum absolute atomic E-state index is 0.587. The molecule has 52 valence electrons. The van der Waals surface area contributed by atoms with E-state index >= 15 is 0 Å². The molecule has 2 nitrogen and oxygen atoms in total. The second-order valence-corrected chi connectivity index (χ2v) is 2.97. The molecule has 0 aromatic heterocycles. The van der Waals surface area contributed by atoms with Crippen molar-refractivity contribution < 1.29 is 4.74 Å². The summed E-state index contributed by atoms with van der Waals surface area (Å²) in [6, 6.07) is 0. The highest BCUT2D eigenvalue weighted by Gasteiger charge is 2.37. The maximum atomic E-state index is 5.47. The minimum Gasteiger partial charge on any atom is -0.372 e. The minimum atomic E-state index is 0.587. The number of piperidine rings is 1. The van der Waals surface area contributed by atoms with Crippen molar-refractivity contribution in [3.8, 4) is 0 Å². The van der Waals surface area contributed by atoms with E-state index in [4.69, 9.17) is 4.74 Å². The van der Waals surface area contributed by atoms with Crippen LogP contribution < -0.4 is 0 Å². The van der Waals surface area contributed by atoms with Crippen molar-refractivity contribution in [2.75, 3.05) is 19.6 Å². The van der Waals surface area contributed by atoms with Gasteiger partial charge in [0.25, 0.3) is 0 Å². The lowest BCUT2D eigenvalue weighted by Gasteiger charge is -2.46. The van der Waals surface area contributed by atoms with Gasteiger partial charge < -0.3 is 4.74 Å². The molecule has 3 fully saturated rings. The molecule has 0 spiro atoms. The standard InChI is InChI=1S/C7H13NO/c1-2-8-4-6-3-7(5-8)9-6/h6-7H,2-5H2,1H3/t6-,7?/m1/s1. The first-order valence-electron chi connectivity index (χ1n) is 3.76. The molecular weight excluding hydrogens is 114 g/mol. The molecule has 0 N–H and O–H groups in total. The van der Waals surface area contributed by atoms with E-state index in [2.05, 4.69) is 11.8 Å². The van der Waals surface area contributed by atoms with Gasteiger partial charge in [0.1, 0.15) is 0 Å². The Morgan fingerprint density at radius 2 is 2.00 bits per heavy atom. The summed E-state index contributed by atoms with van der Waals surface area (Å²) in [4.78, 5) is 2.46. The monoisotopic (exact) mass is 127 g/mol. The van der Waals surface area contributed by atoms with Crippen molar-refractivity contribution in [1.82, 2.24) is 4.90 Å². The van der Waals surface area contributed by atoms with Gasteiger partial charge in [0.15, 0.2) is 0 Å². The van der Waals surface area contributed by atoms with Gasteiger partial charge in [0.2, 0.25) is 0 Å². The summed E-state index contributed by atoms with van der Waals surface area (Å²) in [5, 5.41) is 0. The Morgan fingerprint density at radius 1 is 1.44 bits per heavy atom. The fraction of sp³-hybridized carbons (Fsp3) is 1.00. The second-order valence-electron chi connectivity index (χ2n) is 2.97. The number of hydrogen-bond acceptors (Lipinski definition) is 2. The smallest absolute Gasteiger partial charge is 0.0731 e. The van der Waals surface area contributed by atoms with Crippen molar-refractivity contribution in [1.29, 1.82) is 0 Å². The van der Waals surface area contributed by atoms with Crippen LogP contribution in [-0.4, -0.2) is 36.7 Å². The number of fused-ring (bicyclic) bond motifs is 2. The molecule has 3 rings (SSSR count). The van der Waals surface area contributed by atoms with Gasteiger partial charge in [0.05, 0.1) is 12.2 Å². The maximum absolute atomic E-state index is 5.47. The molecule has 2 atom stereocenters. The number of hydrogen-bond donors (Lipinski definition) is 0. The molecule has 0 aromatic rings. The zero-order valence-corrected chi connectivity index (χ0v) is 5.84. The Labute approximate surface area is 55.8 Å². The lowest BCUT2D eigenvalue weighted by molar-refractivity contribution is -0.179. The van der Waals surface area contributed by atoms with Crippen LogP contribution in [0.4, 0.5) is 0 Å². The van der Waals surface area contributed by atoms with Crippen molar-refractivity contribution in [2.24, 2.45) is 0 Å². The van der Waals surface area contributed by atoms with Crippen molar-refractivity contribution in [2.45, 2.75) is 25.6 Å². The molecule has 0 saturated carbocycles. The fourth-order valence-corrected chi connectivity index (χ4v) is 1.70. The summed E-state index contributed by atoms with van der Waals surface area (Å²) in [7, 11) is 0. The highest BCUT2D eigenvalue weighted by molar-refractivity contribution is 4.88. The van der Waals surface area contributed by atoms with Crippen molar-refractivity contribution >= 4 is 0 Å². The van der Waals surface area contributed by atoms with Gasteiger partial charge in [0, 0.05) is 19.5 Å². The highest BCUT2D eigenvalue weighted by Crippen LogP contribution is 2.27. The first-order valence-corrected chi connectivity index (χ1v) is 3.76. The van der Waals surface area contributed by atoms with Crippen LogP contribution in [0.1, 0.15) is 13.3 Å². The van der Waals surface area contributed by atoms with Crippen LogP contribution in [0.3, 0.4) is 0 Å². The average molecular weight is 127 g/mol. The normalized spacial score (nSPS) is 42.3. The van der Waals surface area contributed by atoms with Gasteiger partial charge in [-0.3, -0.25) is 4.90 Å². The Kier molecular flexibility index (Phi) is 1.24. The Balaban J connectivity index is 1.89. The van der Waals surface area contributed by atoms with Crippen LogP contribution in [0, 0.1) is 0 Å². The second kappa shape index (κ2) is 1.96. The predicted octanol–water partition coefficient (Wildman–Crippen LogP) is 0.479. The SMILES string of the molecule is CCN1CC2C[C@H](C1)O2. The molecule has 0 amide bonds. The number of nitrogens with zero attached hydrogens (tertiary/aromatic N) is 1. The van der Waals surface area contributed by atoms with Crippen LogP contribution >= 0.6 is 0 Å². The molecule has 0 aliphatic carbocycles. The molecule has 3 heterocycles. The summed E-state index contributed by atoms with van der Waals surface area (Å²) < 4.78 is 5.47. The molecule has 2 heteroatoms. The van der Waals surface area contributed by atoms with Gasteiger partial charge in [-0.2, -0.15) is 0 Å². The molecule has 3 aliphatic heterocycles. The highest BCUT2D eigenvalue weighted by atomic mass is 16.5. The van der Waals surface area contributed by atoms with Gasteiger partial charge in [-0.05, 0) is 6.54 Å². The first kappa shape index (κ1) is 5.69. The zero-order valence-electron chi connectivity index (χ0n) is 5.84. The average Bonchev–Trinajstić information content (AvgIpc) is 1.87. The molecule has 3 aliphatic rings. The number of rotatable bonds is 1. The third kappa shape index (κ3) is 0.864. The third-order valence-corrected chi connectivity index (χ3v) is 2.28. The van der Waals surface area contributed by atoms with E-state index in [0.29, 0.717) is 12.2 Å². The predicted molar refractivity (Wildman–Crippen MR) is 35.4 cm³/mol. The summed E-state index contributed by atoms with van der Waals surface area (Å²) in [5.41, 5.74) is 0. The Hall–Kier alpha value is -0.0800. The molecule has 2 bridgehead atoms. The van der Waals surface area contributed by atoms with Crippen molar-refractivity contribution in [3.05, 3.63) is 0 Å². The van der Waals surface area contributed by atoms with E-state index in [1.165, 1.54) is 26.1 Å². The summed E-state index contributed by atoms with van der Waals surface area (Å²) >= 11 is 0. The molecule has 3 saturated heterocycles. The van der Waals surface area contributed by atoms with Crippen LogP contribution in [0.15, 0.2) is 0 Å². The first-order chi connectivity index (χ1) is 4.38. The number of likely N-dealkylation sites (N-methyl/N-ethyl adjacent to an activating group) is 1. The lowest BCUT2D eigenvalue weighted by atomic mass is 9.99. The van der Waals surface area contributed by atoms with Gasteiger partial charge in [-0.15, -0.1) is 0 Å². The van der Waals surface area contributed by atoms with Crippen LogP contribution in [-0.2, 0) is 4.74 Å². The Morgan fingerprint density at radius 3 is 2.33 bits per heavy atom. The summed E-state index contributed by atoms with van der Waals surface area (Å²) in [6.07, 6.45) is 2.49. The van der Waals surface area contributed by atoms with E-state index < -0.39 is 0 Å². The van der Waals surface area contributed by atoms with E-state index in [0.717, 1.165) is 0 Å². The number of ether oxygens (including phenoxy) is 1. The van der Waals surface area contributed by atoms with E-state index in [-0.39, 0.29) is 0 Å². The van der Waals surface area contributed by atoms with E-state index in [1.807, 2.05) is 0 Å². The van der Waals surface area contributed by atoms with Gasteiger partial charge >= 0.3 is 0 Å². The van der Waals surface area contributed by atoms with Crippen molar-refractivity contribution in [3.63, 3.8) is 0 Å². The lowest BCUT2D eigenvalue weighted by Crippen LogP contribution is -2.56. The van der Waals surface area contributed by atoms with Crippen LogP contribution in [0.5, 0.6) is 0 Å². The molecular formula is C7H13NO. The zero-order chi connectivity index (χ0) is 6.27.